The molecule has 1 unspecified atom stereocenters. The van der Waals surface area contributed by atoms with Crippen LogP contribution in [0.15, 0.2) is 29.2 Å². The second-order valence-corrected chi connectivity index (χ2v) is 5.63. The lowest BCUT2D eigenvalue weighted by atomic mass is 9.98. The maximum Gasteiger partial charge on any atom is 0.324 e. The number of carboxylic acid groups (broad SMARTS) is 1. The van der Waals surface area contributed by atoms with Crippen LogP contribution in [0.3, 0.4) is 0 Å². The number of aliphatic carboxylic acids is 1. The molecule has 0 heterocycles. The summed E-state index contributed by atoms with van der Waals surface area (Å²) in [6.45, 7) is 0. The van der Waals surface area contributed by atoms with Gasteiger partial charge in [-0.3, -0.25) is 4.79 Å². The highest BCUT2D eigenvalue weighted by molar-refractivity contribution is 7.99. The highest BCUT2D eigenvalue weighted by atomic mass is 32.2. The van der Waals surface area contributed by atoms with Gasteiger partial charge in [0, 0.05) is 10.6 Å². The molecule has 0 saturated heterocycles. The van der Waals surface area contributed by atoms with Crippen molar-refractivity contribution in [3.63, 3.8) is 0 Å². The van der Waals surface area contributed by atoms with E-state index in [1.165, 1.54) is 11.8 Å². The number of benzene rings is 1. The predicted molar refractivity (Wildman–Crippen MR) is 71.0 cm³/mol. The average Bonchev–Trinajstić information content (AvgIpc) is 3.21. The third-order valence-corrected chi connectivity index (χ3v) is 4.47. The summed E-state index contributed by atoms with van der Waals surface area (Å²) in [5, 5.41) is 9.24. The Morgan fingerprint density at radius 3 is 2.56 bits per heavy atom. The summed E-state index contributed by atoms with van der Waals surface area (Å²) in [4.78, 5) is 12.3. The third-order valence-electron chi connectivity index (χ3n) is 3.24. The Labute approximate surface area is 111 Å². The van der Waals surface area contributed by atoms with Crippen molar-refractivity contribution in [2.24, 2.45) is 11.7 Å². The molecule has 1 fully saturated rings. The molecule has 2 rings (SSSR count). The molecule has 0 aliphatic heterocycles. The number of hydrogen-bond acceptors (Lipinski definition) is 4. The SMILES string of the molecule is COc1ccc(SCC(N)(C(=O)O)C2CC2)cc1. The van der Waals surface area contributed by atoms with Crippen molar-refractivity contribution in [3.05, 3.63) is 24.3 Å². The maximum absolute atomic E-state index is 11.3. The van der Waals surface area contributed by atoms with Crippen LogP contribution in [0, 0.1) is 5.92 Å². The van der Waals surface area contributed by atoms with Crippen molar-refractivity contribution >= 4 is 17.7 Å². The molecule has 0 spiro atoms. The molecular formula is C13H17NO3S. The number of nitrogens with two attached hydrogens (primary N) is 1. The van der Waals surface area contributed by atoms with E-state index in [9.17, 15) is 9.90 Å². The molecule has 1 aromatic rings. The van der Waals surface area contributed by atoms with Gasteiger partial charge in [-0.25, -0.2) is 0 Å². The minimum atomic E-state index is -1.09. The molecule has 0 radical (unpaired) electrons. The van der Waals surface area contributed by atoms with Crippen LogP contribution in [-0.2, 0) is 4.79 Å². The molecule has 18 heavy (non-hydrogen) atoms. The molecule has 4 nitrogen and oxygen atoms in total. The van der Waals surface area contributed by atoms with Crippen molar-refractivity contribution < 1.29 is 14.6 Å². The summed E-state index contributed by atoms with van der Waals surface area (Å²) in [7, 11) is 1.62. The van der Waals surface area contributed by atoms with Crippen LogP contribution in [0.4, 0.5) is 0 Å². The lowest BCUT2D eigenvalue weighted by molar-refractivity contribution is -0.143. The first-order chi connectivity index (χ1) is 8.56. The Morgan fingerprint density at radius 2 is 2.11 bits per heavy atom. The van der Waals surface area contributed by atoms with Crippen molar-refractivity contribution in [1.29, 1.82) is 0 Å². The smallest absolute Gasteiger partial charge is 0.324 e. The second-order valence-electron chi connectivity index (χ2n) is 4.58. The molecule has 0 amide bonds. The van der Waals surface area contributed by atoms with Crippen LogP contribution >= 0.6 is 11.8 Å². The van der Waals surface area contributed by atoms with Gasteiger partial charge in [0.1, 0.15) is 11.3 Å². The molecule has 3 N–H and O–H groups in total. The number of rotatable bonds is 6. The van der Waals surface area contributed by atoms with Crippen molar-refractivity contribution in [2.45, 2.75) is 23.3 Å². The van der Waals surface area contributed by atoms with Gasteiger partial charge in [-0.15, -0.1) is 11.8 Å². The average molecular weight is 267 g/mol. The zero-order valence-electron chi connectivity index (χ0n) is 10.3. The van der Waals surface area contributed by atoms with Crippen LogP contribution in [0.2, 0.25) is 0 Å². The van der Waals surface area contributed by atoms with E-state index < -0.39 is 11.5 Å². The van der Waals surface area contributed by atoms with Gasteiger partial charge < -0.3 is 15.6 Å². The van der Waals surface area contributed by atoms with E-state index in [4.69, 9.17) is 10.5 Å². The standard InChI is InChI=1S/C13H17NO3S/c1-17-10-4-6-11(7-5-10)18-8-13(14,12(15)16)9-2-3-9/h4-7,9H,2-3,8,14H2,1H3,(H,15,16). The van der Waals surface area contributed by atoms with E-state index >= 15 is 0 Å². The minimum absolute atomic E-state index is 0.126. The normalized spacial score (nSPS) is 18.1. The molecule has 1 saturated carbocycles. The zero-order valence-corrected chi connectivity index (χ0v) is 11.1. The van der Waals surface area contributed by atoms with Gasteiger partial charge in [-0.1, -0.05) is 0 Å². The minimum Gasteiger partial charge on any atom is -0.497 e. The second kappa shape index (κ2) is 5.20. The predicted octanol–water partition coefficient (Wildman–Crippen LogP) is 1.98. The van der Waals surface area contributed by atoms with Crippen molar-refractivity contribution in [3.8, 4) is 5.75 Å². The maximum atomic E-state index is 11.3. The van der Waals surface area contributed by atoms with E-state index in [-0.39, 0.29) is 5.92 Å². The number of carboxylic acids is 1. The highest BCUT2D eigenvalue weighted by Crippen LogP contribution is 2.41. The number of carbonyl (C=O) groups is 1. The van der Waals surface area contributed by atoms with Gasteiger partial charge in [0.2, 0.25) is 0 Å². The molecule has 1 aliphatic carbocycles. The molecule has 1 aliphatic rings. The van der Waals surface area contributed by atoms with E-state index in [0.717, 1.165) is 23.5 Å². The molecule has 0 aromatic heterocycles. The Bertz CT molecular complexity index is 430. The fourth-order valence-electron chi connectivity index (χ4n) is 1.83. The molecule has 1 atom stereocenters. The highest BCUT2D eigenvalue weighted by Gasteiger charge is 2.48. The summed E-state index contributed by atoms with van der Waals surface area (Å²) in [5.74, 6) is 0.421. The van der Waals surface area contributed by atoms with Crippen LogP contribution in [-0.4, -0.2) is 29.5 Å². The van der Waals surface area contributed by atoms with E-state index in [1.54, 1.807) is 7.11 Å². The third kappa shape index (κ3) is 2.79. The summed E-state index contributed by atoms with van der Waals surface area (Å²) in [5.41, 5.74) is 4.91. The summed E-state index contributed by atoms with van der Waals surface area (Å²) in [6, 6.07) is 7.55. The van der Waals surface area contributed by atoms with Crippen LogP contribution in [0.5, 0.6) is 5.75 Å². The number of methoxy groups -OCH3 is 1. The topological polar surface area (TPSA) is 72.5 Å². The quantitative estimate of drug-likeness (QED) is 0.771. The Hall–Kier alpha value is -1.20. The molecular weight excluding hydrogens is 250 g/mol. The van der Waals surface area contributed by atoms with E-state index in [0.29, 0.717) is 5.75 Å². The molecule has 0 bridgehead atoms. The number of ether oxygens (including phenoxy) is 1. The summed E-state index contributed by atoms with van der Waals surface area (Å²) >= 11 is 1.48. The molecule has 1 aromatic carbocycles. The lowest BCUT2D eigenvalue weighted by Gasteiger charge is -2.23. The van der Waals surface area contributed by atoms with Gasteiger partial charge in [-0.05, 0) is 43.0 Å². The van der Waals surface area contributed by atoms with E-state index in [1.807, 2.05) is 24.3 Å². The van der Waals surface area contributed by atoms with Gasteiger partial charge in [0.05, 0.1) is 7.11 Å². The Balaban J connectivity index is 1.98. The first kappa shape index (κ1) is 13.2. The first-order valence-corrected chi connectivity index (χ1v) is 6.84. The fraction of sp³-hybridized carbons (Fsp3) is 0.462. The monoisotopic (exact) mass is 267 g/mol. The molecule has 98 valence electrons. The largest absolute Gasteiger partial charge is 0.497 e. The fourth-order valence-corrected chi connectivity index (χ4v) is 2.92. The van der Waals surface area contributed by atoms with Crippen LogP contribution in [0.25, 0.3) is 0 Å². The van der Waals surface area contributed by atoms with Crippen LogP contribution in [0.1, 0.15) is 12.8 Å². The number of hydrogen-bond donors (Lipinski definition) is 2. The summed E-state index contributed by atoms with van der Waals surface area (Å²) in [6.07, 6.45) is 1.85. The van der Waals surface area contributed by atoms with Gasteiger partial charge in [0.15, 0.2) is 0 Å². The van der Waals surface area contributed by atoms with Crippen molar-refractivity contribution in [1.82, 2.24) is 0 Å². The molecule has 5 heteroatoms. The van der Waals surface area contributed by atoms with Crippen molar-refractivity contribution in [2.75, 3.05) is 12.9 Å². The lowest BCUT2D eigenvalue weighted by Crippen LogP contribution is -2.52. The van der Waals surface area contributed by atoms with E-state index in [2.05, 4.69) is 0 Å². The summed E-state index contributed by atoms with van der Waals surface area (Å²) < 4.78 is 5.07. The van der Waals surface area contributed by atoms with Gasteiger partial charge in [-0.2, -0.15) is 0 Å². The first-order valence-electron chi connectivity index (χ1n) is 5.85. The number of thioether (sulfide) groups is 1. The van der Waals surface area contributed by atoms with Gasteiger partial charge in [0.25, 0.3) is 0 Å². The Kier molecular flexibility index (Phi) is 3.82. The van der Waals surface area contributed by atoms with Crippen LogP contribution < -0.4 is 10.5 Å². The zero-order chi connectivity index (χ0) is 13.2. The van der Waals surface area contributed by atoms with Gasteiger partial charge >= 0.3 is 5.97 Å². The Morgan fingerprint density at radius 1 is 1.50 bits per heavy atom.